The number of sulfonamides is 1. The van der Waals surface area contributed by atoms with Crippen LogP contribution in [0.25, 0.3) is 0 Å². The van der Waals surface area contributed by atoms with E-state index in [2.05, 4.69) is 0 Å². The third kappa shape index (κ3) is 3.11. The molecule has 4 rings (SSSR count). The smallest absolute Gasteiger partial charge is 0.207 e. The minimum absolute atomic E-state index is 0.207. The Bertz CT molecular complexity index is 877. The van der Waals surface area contributed by atoms with Gasteiger partial charge < -0.3 is 0 Å². The summed E-state index contributed by atoms with van der Waals surface area (Å²) in [5.41, 5.74) is 3.31. The number of rotatable bonds is 3. The van der Waals surface area contributed by atoms with Gasteiger partial charge in [-0.05, 0) is 79.5 Å². The Balaban J connectivity index is 1.68. The monoisotopic (exact) mass is 359 g/mol. The van der Waals surface area contributed by atoms with Crippen molar-refractivity contribution in [3.63, 3.8) is 0 Å². The van der Waals surface area contributed by atoms with Gasteiger partial charge in [-0.25, -0.2) is 12.8 Å². The Morgan fingerprint density at radius 2 is 1.64 bits per heavy atom. The lowest BCUT2D eigenvalue weighted by molar-refractivity contribution is 0.396. The van der Waals surface area contributed by atoms with Gasteiger partial charge in [-0.15, -0.1) is 0 Å². The first kappa shape index (κ1) is 16.7. The summed E-state index contributed by atoms with van der Waals surface area (Å²) in [5.74, 6) is -0.300. The molecule has 1 aliphatic carbocycles. The predicted octanol–water partition coefficient (Wildman–Crippen LogP) is 4.23. The standard InChI is InChI=1S/C20H22FNO2S/c21-18-10-7-16(8-11-18)20-6-3-13-22(20)25(23,24)19-12-9-15-4-1-2-5-17(15)14-19/h7-12,14,20H,1-6,13H2/t20-/m1/s1. The lowest BCUT2D eigenvalue weighted by Crippen LogP contribution is -2.30. The molecule has 25 heavy (non-hydrogen) atoms. The molecule has 1 aliphatic heterocycles. The second-order valence-electron chi connectivity index (χ2n) is 6.96. The van der Waals surface area contributed by atoms with Crippen LogP contribution in [0, 0.1) is 5.82 Å². The van der Waals surface area contributed by atoms with Crippen molar-refractivity contribution >= 4 is 10.0 Å². The summed E-state index contributed by atoms with van der Waals surface area (Å²) in [7, 11) is -3.54. The molecule has 2 aromatic carbocycles. The molecule has 2 aliphatic rings. The number of halogens is 1. The highest BCUT2D eigenvalue weighted by Gasteiger charge is 2.36. The minimum Gasteiger partial charge on any atom is -0.207 e. The summed E-state index contributed by atoms with van der Waals surface area (Å²) in [4.78, 5) is 0.391. The maximum Gasteiger partial charge on any atom is 0.243 e. The van der Waals surface area contributed by atoms with Crippen molar-refractivity contribution in [3.8, 4) is 0 Å². The highest BCUT2D eigenvalue weighted by Crippen LogP contribution is 2.37. The number of aryl methyl sites for hydroxylation is 2. The molecule has 0 unspecified atom stereocenters. The van der Waals surface area contributed by atoms with Crippen molar-refractivity contribution < 1.29 is 12.8 Å². The number of nitrogens with zero attached hydrogens (tertiary/aromatic N) is 1. The molecule has 0 N–H and O–H groups in total. The van der Waals surface area contributed by atoms with E-state index < -0.39 is 10.0 Å². The Morgan fingerprint density at radius 3 is 2.40 bits per heavy atom. The maximum absolute atomic E-state index is 13.2. The number of hydrogen-bond acceptors (Lipinski definition) is 2. The summed E-state index contributed by atoms with van der Waals surface area (Å²) < 4.78 is 41.2. The fraction of sp³-hybridized carbons (Fsp3) is 0.400. The van der Waals surface area contributed by atoms with Gasteiger partial charge in [0.1, 0.15) is 5.82 Å². The van der Waals surface area contributed by atoms with Crippen molar-refractivity contribution in [1.29, 1.82) is 0 Å². The van der Waals surface area contributed by atoms with E-state index in [0.717, 1.165) is 37.7 Å². The Labute approximate surface area is 148 Å². The molecule has 1 fully saturated rings. The van der Waals surface area contributed by atoms with Crippen LogP contribution in [0.4, 0.5) is 4.39 Å². The predicted molar refractivity (Wildman–Crippen MR) is 95.4 cm³/mol. The molecule has 0 spiro atoms. The van der Waals surface area contributed by atoms with Crippen LogP contribution in [0.1, 0.15) is 48.4 Å². The third-order valence-electron chi connectivity index (χ3n) is 5.39. The van der Waals surface area contributed by atoms with Crippen molar-refractivity contribution in [3.05, 3.63) is 65.0 Å². The minimum atomic E-state index is -3.54. The molecule has 3 nitrogen and oxygen atoms in total. The summed E-state index contributed by atoms with van der Waals surface area (Å²) in [5, 5.41) is 0. The van der Waals surface area contributed by atoms with E-state index in [4.69, 9.17) is 0 Å². The average Bonchev–Trinajstić information content (AvgIpc) is 3.12. The lowest BCUT2D eigenvalue weighted by Gasteiger charge is -2.25. The molecule has 132 valence electrons. The largest absolute Gasteiger partial charge is 0.243 e. The molecule has 0 saturated carbocycles. The van der Waals surface area contributed by atoms with Crippen LogP contribution in [-0.4, -0.2) is 19.3 Å². The highest BCUT2D eigenvalue weighted by molar-refractivity contribution is 7.89. The van der Waals surface area contributed by atoms with Gasteiger partial charge in [0, 0.05) is 6.54 Å². The van der Waals surface area contributed by atoms with Crippen LogP contribution in [0.2, 0.25) is 0 Å². The molecule has 1 atom stereocenters. The molecule has 1 heterocycles. The first-order valence-electron chi connectivity index (χ1n) is 8.95. The molecular weight excluding hydrogens is 337 g/mol. The van der Waals surface area contributed by atoms with Gasteiger partial charge in [-0.2, -0.15) is 4.31 Å². The molecular formula is C20H22FNO2S. The zero-order valence-electron chi connectivity index (χ0n) is 14.1. The maximum atomic E-state index is 13.2. The van der Waals surface area contributed by atoms with Crippen molar-refractivity contribution in [2.45, 2.75) is 49.5 Å². The van der Waals surface area contributed by atoms with Gasteiger partial charge in [0.25, 0.3) is 0 Å². The van der Waals surface area contributed by atoms with E-state index in [9.17, 15) is 12.8 Å². The van der Waals surface area contributed by atoms with E-state index in [1.165, 1.54) is 29.7 Å². The van der Waals surface area contributed by atoms with Gasteiger partial charge in [-0.3, -0.25) is 0 Å². The van der Waals surface area contributed by atoms with Gasteiger partial charge in [-0.1, -0.05) is 18.2 Å². The van der Waals surface area contributed by atoms with Gasteiger partial charge >= 0.3 is 0 Å². The number of benzene rings is 2. The molecule has 5 heteroatoms. The van der Waals surface area contributed by atoms with E-state index >= 15 is 0 Å². The summed E-state index contributed by atoms with van der Waals surface area (Å²) >= 11 is 0. The fourth-order valence-electron chi connectivity index (χ4n) is 4.05. The van der Waals surface area contributed by atoms with E-state index in [-0.39, 0.29) is 11.9 Å². The van der Waals surface area contributed by atoms with Crippen LogP contribution < -0.4 is 0 Å². The lowest BCUT2D eigenvalue weighted by atomic mass is 9.92. The van der Waals surface area contributed by atoms with Crippen LogP contribution >= 0.6 is 0 Å². The molecule has 1 saturated heterocycles. The van der Waals surface area contributed by atoms with Crippen LogP contribution in [-0.2, 0) is 22.9 Å². The number of hydrogen-bond donors (Lipinski definition) is 0. The second-order valence-corrected chi connectivity index (χ2v) is 8.85. The van der Waals surface area contributed by atoms with Crippen molar-refractivity contribution in [1.82, 2.24) is 4.31 Å². The average molecular weight is 359 g/mol. The second kappa shape index (κ2) is 6.54. The topological polar surface area (TPSA) is 37.4 Å². The van der Waals surface area contributed by atoms with Crippen LogP contribution in [0.15, 0.2) is 47.4 Å². The highest BCUT2D eigenvalue weighted by atomic mass is 32.2. The van der Waals surface area contributed by atoms with Crippen molar-refractivity contribution in [2.75, 3.05) is 6.54 Å². The first-order valence-corrected chi connectivity index (χ1v) is 10.4. The van der Waals surface area contributed by atoms with E-state index in [1.807, 2.05) is 12.1 Å². The van der Waals surface area contributed by atoms with Gasteiger partial charge in [0.15, 0.2) is 0 Å². The zero-order chi connectivity index (χ0) is 17.4. The Hall–Kier alpha value is -1.72. The first-order chi connectivity index (χ1) is 12.1. The van der Waals surface area contributed by atoms with Gasteiger partial charge in [0.05, 0.1) is 10.9 Å². The molecule has 0 aromatic heterocycles. The Kier molecular flexibility index (Phi) is 4.38. The summed E-state index contributed by atoms with van der Waals surface area (Å²) in [6.07, 6.45) is 5.90. The molecule has 0 amide bonds. The Morgan fingerprint density at radius 1 is 0.920 bits per heavy atom. The van der Waals surface area contributed by atoms with Crippen LogP contribution in [0.3, 0.4) is 0 Å². The SMILES string of the molecule is O=S(=O)(c1ccc2c(c1)CCCC2)N1CCC[C@@H]1c1ccc(F)cc1. The van der Waals surface area contributed by atoms with E-state index in [0.29, 0.717) is 11.4 Å². The van der Waals surface area contributed by atoms with Crippen molar-refractivity contribution in [2.24, 2.45) is 0 Å². The quantitative estimate of drug-likeness (QED) is 0.822. The number of fused-ring (bicyclic) bond motifs is 1. The molecule has 0 bridgehead atoms. The molecule has 2 aromatic rings. The third-order valence-corrected chi connectivity index (χ3v) is 7.29. The zero-order valence-corrected chi connectivity index (χ0v) is 14.9. The van der Waals surface area contributed by atoms with Crippen LogP contribution in [0.5, 0.6) is 0 Å². The summed E-state index contributed by atoms with van der Waals surface area (Å²) in [6, 6.07) is 11.6. The summed E-state index contributed by atoms with van der Waals surface area (Å²) in [6.45, 7) is 0.515. The van der Waals surface area contributed by atoms with Gasteiger partial charge in [0.2, 0.25) is 10.0 Å². The molecule has 0 radical (unpaired) electrons. The van der Waals surface area contributed by atoms with E-state index in [1.54, 1.807) is 22.5 Å². The fourth-order valence-corrected chi connectivity index (χ4v) is 5.79. The normalized spacial score (nSPS) is 21.2.